The Balaban J connectivity index is 1.81. The average molecular weight is 265 g/mol. The van der Waals surface area contributed by atoms with Gasteiger partial charge in [0.15, 0.2) is 5.69 Å². The molecule has 0 aliphatic heterocycles. The van der Waals surface area contributed by atoms with Gasteiger partial charge in [-0.3, -0.25) is 0 Å². The number of aromatic nitrogens is 2. The summed E-state index contributed by atoms with van der Waals surface area (Å²) >= 11 is 0. The van der Waals surface area contributed by atoms with Crippen molar-refractivity contribution < 1.29 is 0 Å². The van der Waals surface area contributed by atoms with Crippen molar-refractivity contribution in [2.24, 2.45) is 0 Å². The topological polar surface area (TPSA) is 78.8 Å². The third kappa shape index (κ3) is 2.69. The first kappa shape index (κ1) is 12.4. The second-order valence-corrected chi connectivity index (χ2v) is 4.97. The summed E-state index contributed by atoms with van der Waals surface area (Å²) in [5.41, 5.74) is 8.01. The molecule has 0 spiro atoms. The van der Waals surface area contributed by atoms with E-state index in [1.165, 1.54) is 24.6 Å². The molecule has 1 aromatic carbocycles. The first-order valence-electron chi connectivity index (χ1n) is 6.59. The van der Waals surface area contributed by atoms with Crippen LogP contribution in [0.2, 0.25) is 0 Å². The summed E-state index contributed by atoms with van der Waals surface area (Å²) in [6.07, 6.45) is 5.55. The van der Waals surface area contributed by atoms with Gasteiger partial charge in [0.05, 0.1) is 12.4 Å². The average Bonchev–Trinajstić information content (AvgIpc) is 3.31. The molecule has 1 fully saturated rings. The molecule has 2 aromatic rings. The van der Waals surface area contributed by atoms with E-state index in [0.717, 1.165) is 18.1 Å². The van der Waals surface area contributed by atoms with Gasteiger partial charge in [-0.1, -0.05) is 12.1 Å². The second kappa shape index (κ2) is 5.17. The number of nitrogens with zero attached hydrogens (tertiary/aromatic N) is 4. The summed E-state index contributed by atoms with van der Waals surface area (Å²) in [7, 11) is 0. The molecule has 1 aromatic heterocycles. The molecule has 2 N–H and O–H groups in total. The number of hydrogen-bond donors (Lipinski definition) is 1. The molecule has 1 heterocycles. The van der Waals surface area contributed by atoms with Gasteiger partial charge < -0.3 is 10.6 Å². The molecule has 3 rings (SSSR count). The highest BCUT2D eigenvalue weighted by Gasteiger charge is 2.30. The lowest BCUT2D eigenvalue weighted by Gasteiger charge is -2.23. The molecule has 5 nitrogen and oxygen atoms in total. The molecule has 1 aliphatic rings. The van der Waals surface area contributed by atoms with Crippen LogP contribution in [0.15, 0.2) is 36.7 Å². The zero-order valence-electron chi connectivity index (χ0n) is 11.0. The number of nitrogen functional groups attached to an aromatic ring is 1. The highest BCUT2D eigenvalue weighted by atomic mass is 15.2. The van der Waals surface area contributed by atoms with E-state index in [9.17, 15) is 0 Å². The Morgan fingerprint density at radius 3 is 2.50 bits per heavy atom. The summed E-state index contributed by atoms with van der Waals surface area (Å²) in [6.45, 7) is 0.783. The van der Waals surface area contributed by atoms with Crippen LogP contribution in [0.3, 0.4) is 0 Å². The Morgan fingerprint density at radius 1 is 1.20 bits per heavy atom. The van der Waals surface area contributed by atoms with E-state index >= 15 is 0 Å². The Hall–Kier alpha value is -2.61. The zero-order chi connectivity index (χ0) is 13.9. The van der Waals surface area contributed by atoms with E-state index in [0.29, 0.717) is 11.7 Å². The fourth-order valence-electron chi connectivity index (χ4n) is 2.13. The van der Waals surface area contributed by atoms with Crippen molar-refractivity contribution in [3.8, 4) is 6.07 Å². The van der Waals surface area contributed by atoms with E-state index in [1.54, 1.807) is 6.20 Å². The maximum atomic E-state index is 8.77. The van der Waals surface area contributed by atoms with E-state index in [2.05, 4.69) is 14.9 Å². The minimum absolute atomic E-state index is 0.344. The van der Waals surface area contributed by atoms with E-state index in [-0.39, 0.29) is 0 Å². The summed E-state index contributed by atoms with van der Waals surface area (Å²) in [5.74, 6) is 0.823. The van der Waals surface area contributed by atoms with Crippen molar-refractivity contribution in [3.63, 3.8) is 0 Å². The molecule has 1 saturated carbocycles. The Morgan fingerprint density at radius 2 is 1.95 bits per heavy atom. The highest BCUT2D eigenvalue weighted by molar-refractivity contribution is 5.44. The van der Waals surface area contributed by atoms with Crippen molar-refractivity contribution >= 4 is 11.5 Å². The van der Waals surface area contributed by atoms with Gasteiger partial charge in [0, 0.05) is 18.3 Å². The van der Waals surface area contributed by atoms with Crippen LogP contribution in [0.4, 0.5) is 11.5 Å². The SMILES string of the molecule is N#Cc1cnc(N(Cc2ccc(N)cc2)C2CC2)cn1. The smallest absolute Gasteiger partial charge is 0.158 e. The number of hydrogen-bond acceptors (Lipinski definition) is 5. The first-order valence-corrected chi connectivity index (χ1v) is 6.59. The van der Waals surface area contributed by atoms with Crippen LogP contribution in [-0.2, 0) is 6.54 Å². The number of nitriles is 1. The number of rotatable bonds is 4. The van der Waals surface area contributed by atoms with Crippen LogP contribution in [0, 0.1) is 11.3 Å². The molecule has 0 saturated heterocycles. The molecule has 0 unspecified atom stereocenters. The van der Waals surface area contributed by atoms with Gasteiger partial charge in [-0.2, -0.15) is 5.26 Å². The van der Waals surface area contributed by atoms with Gasteiger partial charge in [-0.25, -0.2) is 9.97 Å². The van der Waals surface area contributed by atoms with Crippen LogP contribution in [-0.4, -0.2) is 16.0 Å². The zero-order valence-corrected chi connectivity index (χ0v) is 11.0. The molecule has 0 radical (unpaired) electrons. The van der Waals surface area contributed by atoms with Crippen LogP contribution >= 0.6 is 0 Å². The molecule has 0 bridgehead atoms. The van der Waals surface area contributed by atoms with Crippen molar-refractivity contribution in [1.29, 1.82) is 5.26 Å². The maximum absolute atomic E-state index is 8.77. The van der Waals surface area contributed by atoms with Gasteiger partial charge in [0.25, 0.3) is 0 Å². The summed E-state index contributed by atoms with van der Waals surface area (Å²) in [5, 5.41) is 8.77. The van der Waals surface area contributed by atoms with E-state index in [1.807, 2.05) is 30.3 Å². The van der Waals surface area contributed by atoms with Gasteiger partial charge >= 0.3 is 0 Å². The number of benzene rings is 1. The Bertz CT molecular complexity index is 623. The largest absolute Gasteiger partial charge is 0.399 e. The van der Waals surface area contributed by atoms with E-state index < -0.39 is 0 Å². The third-order valence-corrected chi connectivity index (χ3v) is 3.37. The quantitative estimate of drug-likeness (QED) is 0.856. The number of anilines is 2. The van der Waals surface area contributed by atoms with Crippen LogP contribution in [0.25, 0.3) is 0 Å². The van der Waals surface area contributed by atoms with E-state index in [4.69, 9.17) is 11.0 Å². The summed E-state index contributed by atoms with van der Waals surface area (Å²) < 4.78 is 0. The molecule has 1 aliphatic carbocycles. The van der Waals surface area contributed by atoms with Crippen LogP contribution < -0.4 is 10.6 Å². The van der Waals surface area contributed by atoms with Crippen molar-refractivity contribution in [3.05, 3.63) is 47.9 Å². The fourth-order valence-corrected chi connectivity index (χ4v) is 2.13. The second-order valence-electron chi connectivity index (χ2n) is 4.97. The molecule has 20 heavy (non-hydrogen) atoms. The van der Waals surface area contributed by atoms with Gasteiger partial charge in [0.2, 0.25) is 0 Å². The predicted octanol–water partition coefficient (Wildman–Crippen LogP) is 2.10. The van der Waals surface area contributed by atoms with Crippen molar-refractivity contribution in [2.75, 3.05) is 10.6 Å². The number of nitrogens with two attached hydrogens (primary N) is 1. The van der Waals surface area contributed by atoms with Crippen LogP contribution in [0.5, 0.6) is 0 Å². The minimum Gasteiger partial charge on any atom is -0.399 e. The molecular formula is C15H15N5. The van der Waals surface area contributed by atoms with Crippen molar-refractivity contribution in [1.82, 2.24) is 9.97 Å². The third-order valence-electron chi connectivity index (χ3n) is 3.37. The minimum atomic E-state index is 0.344. The summed E-state index contributed by atoms with van der Waals surface area (Å²) in [4.78, 5) is 10.7. The van der Waals surface area contributed by atoms with Crippen molar-refractivity contribution in [2.45, 2.75) is 25.4 Å². The predicted molar refractivity (Wildman–Crippen MR) is 76.8 cm³/mol. The summed E-state index contributed by atoms with van der Waals surface area (Å²) in [6, 6.07) is 10.4. The molecule has 0 atom stereocenters. The Labute approximate surface area is 117 Å². The monoisotopic (exact) mass is 265 g/mol. The molecular weight excluding hydrogens is 250 g/mol. The fraction of sp³-hybridized carbons (Fsp3) is 0.267. The van der Waals surface area contributed by atoms with Gasteiger partial charge in [0.1, 0.15) is 11.9 Å². The lowest BCUT2D eigenvalue weighted by Crippen LogP contribution is -2.26. The molecule has 100 valence electrons. The van der Waals surface area contributed by atoms with Gasteiger partial charge in [-0.15, -0.1) is 0 Å². The molecule has 0 amide bonds. The lowest BCUT2D eigenvalue weighted by molar-refractivity contribution is 0.774. The van der Waals surface area contributed by atoms with Crippen LogP contribution in [0.1, 0.15) is 24.1 Å². The Kier molecular flexibility index (Phi) is 3.21. The lowest BCUT2D eigenvalue weighted by atomic mass is 10.2. The standard InChI is InChI=1S/C15H15N5/c16-7-13-8-19-15(9-18-13)20(14-5-6-14)10-11-1-3-12(17)4-2-11/h1-4,8-9,14H,5-6,10,17H2. The maximum Gasteiger partial charge on any atom is 0.158 e. The normalized spacial score (nSPS) is 13.8. The highest BCUT2D eigenvalue weighted by Crippen LogP contribution is 2.31. The van der Waals surface area contributed by atoms with Gasteiger partial charge in [-0.05, 0) is 30.5 Å². The first-order chi connectivity index (χ1) is 9.76. The molecule has 5 heteroatoms.